The highest BCUT2D eigenvalue weighted by atomic mass is 32.1. The highest BCUT2D eigenvalue weighted by Gasteiger charge is 2.10. The largest absolute Gasteiger partial charge is 0.396 e. The van der Waals surface area contributed by atoms with Crippen LogP contribution in [0.15, 0.2) is 6.20 Å². The highest BCUT2D eigenvalue weighted by Crippen LogP contribution is 2.20. The van der Waals surface area contributed by atoms with E-state index in [1.54, 1.807) is 11.3 Å². The molecule has 0 bridgehead atoms. The minimum atomic E-state index is 0.317. The fraction of sp³-hybridized carbons (Fsp3) is 0.643. The molecule has 2 heterocycles. The first-order chi connectivity index (χ1) is 9.22. The molecule has 106 valence electrons. The Morgan fingerprint density at radius 1 is 1.26 bits per heavy atom. The number of unbranched alkanes of at least 4 members (excludes halogenated alkanes) is 3. The number of aryl methyl sites for hydroxylation is 2. The van der Waals surface area contributed by atoms with Crippen molar-refractivity contribution in [3.63, 3.8) is 0 Å². The van der Waals surface area contributed by atoms with Gasteiger partial charge in [-0.2, -0.15) is 0 Å². The van der Waals surface area contributed by atoms with Crippen LogP contribution in [0.3, 0.4) is 0 Å². The average Bonchev–Trinajstić information content (AvgIpc) is 2.85. The lowest BCUT2D eigenvalue weighted by atomic mass is 10.2. The SMILES string of the molecule is Cc1cn2c(CNCCCCCCO)c(C)nc2s1. The third-order valence-electron chi connectivity index (χ3n) is 3.30. The molecule has 0 aromatic carbocycles. The lowest BCUT2D eigenvalue weighted by Gasteiger charge is -2.05. The summed E-state index contributed by atoms with van der Waals surface area (Å²) in [7, 11) is 0. The van der Waals surface area contributed by atoms with Crippen LogP contribution in [0.5, 0.6) is 0 Å². The summed E-state index contributed by atoms with van der Waals surface area (Å²) in [6.45, 7) is 6.42. The van der Waals surface area contributed by atoms with Gasteiger partial charge in [0.15, 0.2) is 4.96 Å². The molecular weight excluding hydrogens is 258 g/mol. The molecule has 0 amide bonds. The molecule has 0 atom stereocenters. The van der Waals surface area contributed by atoms with E-state index in [2.05, 4.69) is 34.7 Å². The van der Waals surface area contributed by atoms with Crippen LogP contribution in [-0.2, 0) is 6.54 Å². The zero-order valence-electron chi connectivity index (χ0n) is 11.8. The van der Waals surface area contributed by atoms with Crippen LogP contribution in [0, 0.1) is 13.8 Å². The molecule has 0 aliphatic rings. The van der Waals surface area contributed by atoms with Gasteiger partial charge in [-0.15, -0.1) is 11.3 Å². The van der Waals surface area contributed by atoms with Gasteiger partial charge in [0, 0.05) is 24.2 Å². The molecule has 2 rings (SSSR count). The molecule has 0 saturated heterocycles. The number of thiazole rings is 1. The molecule has 2 N–H and O–H groups in total. The van der Waals surface area contributed by atoms with Crippen LogP contribution >= 0.6 is 11.3 Å². The van der Waals surface area contributed by atoms with E-state index in [-0.39, 0.29) is 0 Å². The molecule has 4 nitrogen and oxygen atoms in total. The van der Waals surface area contributed by atoms with Gasteiger partial charge in [0.25, 0.3) is 0 Å². The van der Waals surface area contributed by atoms with Crippen LogP contribution in [0.25, 0.3) is 4.96 Å². The fourth-order valence-corrected chi connectivity index (χ4v) is 3.13. The second-order valence-electron chi connectivity index (χ2n) is 4.95. The summed E-state index contributed by atoms with van der Waals surface area (Å²) in [5.41, 5.74) is 2.40. The van der Waals surface area contributed by atoms with Crippen LogP contribution in [0.2, 0.25) is 0 Å². The van der Waals surface area contributed by atoms with E-state index in [1.165, 1.54) is 23.4 Å². The maximum atomic E-state index is 8.70. The van der Waals surface area contributed by atoms with E-state index in [4.69, 9.17) is 5.11 Å². The van der Waals surface area contributed by atoms with Crippen molar-refractivity contribution in [2.24, 2.45) is 0 Å². The number of nitrogens with zero attached hydrogens (tertiary/aromatic N) is 2. The van der Waals surface area contributed by atoms with Crippen LogP contribution in [0.1, 0.15) is 41.9 Å². The Bertz CT molecular complexity index is 518. The van der Waals surface area contributed by atoms with Gasteiger partial charge in [-0.1, -0.05) is 12.8 Å². The maximum absolute atomic E-state index is 8.70. The monoisotopic (exact) mass is 281 g/mol. The van der Waals surface area contributed by atoms with Crippen molar-refractivity contribution >= 4 is 16.3 Å². The van der Waals surface area contributed by atoms with Crippen LogP contribution in [-0.4, -0.2) is 27.6 Å². The summed E-state index contributed by atoms with van der Waals surface area (Å²) < 4.78 is 2.20. The lowest BCUT2D eigenvalue weighted by Crippen LogP contribution is -2.16. The van der Waals surface area contributed by atoms with Gasteiger partial charge in [0.1, 0.15) is 0 Å². The molecular formula is C14H23N3OS. The van der Waals surface area contributed by atoms with E-state index in [1.807, 2.05) is 0 Å². The van der Waals surface area contributed by atoms with Gasteiger partial charge < -0.3 is 10.4 Å². The predicted octanol–water partition coefficient (Wildman–Crippen LogP) is 2.65. The van der Waals surface area contributed by atoms with Gasteiger partial charge in [-0.3, -0.25) is 4.40 Å². The molecule has 0 spiro atoms. The van der Waals surface area contributed by atoms with E-state index in [9.17, 15) is 0 Å². The Kier molecular flexibility index (Phi) is 5.36. The van der Waals surface area contributed by atoms with Gasteiger partial charge in [-0.05, 0) is 33.2 Å². The van der Waals surface area contributed by atoms with Gasteiger partial charge in [-0.25, -0.2) is 4.98 Å². The zero-order chi connectivity index (χ0) is 13.7. The zero-order valence-corrected chi connectivity index (χ0v) is 12.6. The predicted molar refractivity (Wildman–Crippen MR) is 79.8 cm³/mol. The first kappa shape index (κ1) is 14.5. The maximum Gasteiger partial charge on any atom is 0.194 e. The molecule has 0 fully saturated rings. The topological polar surface area (TPSA) is 49.6 Å². The van der Waals surface area contributed by atoms with Crippen LogP contribution < -0.4 is 5.32 Å². The second kappa shape index (κ2) is 7.03. The molecule has 0 unspecified atom stereocenters. The average molecular weight is 281 g/mol. The van der Waals surface area contributed by atoms with Crippen molar-refractivity contribution in [3.05, 3.63) is 22.5 Å². The third-order valence-corrected chi connectivity index (χ3v) is 4.19. The van der Waals surface area contributed by atoms with Gasteiger partial charge in [0.2, 0.25) is 0 Å². The molecule has 2 aromatic heterocycles. The minimum absolute atomic E-state index is 0.317. The smallest absolute Gasteiger partial charge is 0.194 e. The summed E-state index contributed by atoms with van der Waals surface area (Å²) in [4.78, 5) is 6.98. The molecule has 2 aromatic rings. The molecule has 19 heavy (non-hydrogen) atoms. The third kappa shape index (κ3) is 3.78. The number of rotatable bonds is 8. The Hall–Kier alpha value is -0.910. The number of imidazole rings is 1. The van der Waals surface area contributed by atoms with Gasteiger partial charge in [0.05, 0.1) is 11.4 Å². The first-order valence-electron chi connectivity index (χ1n) is 6.98. The number of aliphatic hydroxyl groups is 1. The number of hydrogen-bond acceptors (Lipinski definition) is 4. The molecule has 0 aliphatic carbocycles. The van der Waals surface area contributed by atoms with Gasteiger partial charge >= 0.3 is 0 Å². The quantitative estimate of drug-likeness (QED) is 0.731. The molecule has 5 heteroatoms. The summed E-state index contributed by atoms with van der Waals surface area (Å²) in [5.74, 6) is 0. The van der Waals surface area contributed by atoms with E-state index >= 15 is 0 Å². The minimum Gasteiger partial charge on any atom is -0.396 e. The fourth-order valence-electron chi connectivity index (χ4n) is 2.24. The number of hydrogen-bond donors (Lipinski definition) is 2. The highest BCUT2D eigenvalue weighted by molar-refractivity contribution is 7.17. The van der Waals surface area contributed by atoms with Crippen molar-refractivity contribution < 1.29 is 5.11 Å². The summed E-state index contributed by atoms with van der Waals surface area (Å²) in [6, 6.07) is 0. The van der Waals surface area contributed by atoms with Crippen molar-refractivity contribution in [3.8, 4) is 0 Å². The van der Waals surface area contributed by atoms with Crippen molar-refractivity contribution in [2.75, 3.05) is 13.2 Å². The Balaban J connectivity index is 1.79. The standard InChI is InChI=1S/C14H23N3OS/c1-11-10-17-13(12(2)16-14(17)19-11)9-15-7-5-3-4-6-8-18/h10,15,18H,3-9H2,1-2H3. The summed E-state index contributed by atoms with van der Waals surface area (Å²) in [5, 5.41) is 12.2. The Labute approximate surface area is 118 Å². The van der Waals surface area contributed by atoms with Crippen LogP contribution in [0.4, 0.5) is 0 Å². The number of aromatic nitrogens is 2. The number of aliphatic hydroxyl groups excluding tert-OH is 1. The molecule has 0 radical (unpaired) electrons. The molecule has 0 aliphatic heterocycles. The number of nitrogens with one attached hydrogen (secondary N) is 1. The van der Waals surface area contributed by atoms with Crippen molar-refractivity contribution in [1.29, 1.82) is 0 Å². The lowest BCUT2D eigenvalue weighted by molar-refractivity contribution is 0.282. The molecule has 0 saturated carbocycles. The van der Waals surface area contributed by atoms with Crippen molar-refractivity contribution in [1.82, 2.24) is 14.7 Å². The van der Waals surface area contributed by atoms with E-state index in [0.717, 1.165) is 36.6 Å². The summed E-state index contributed by atoms with van der Waals surface area (Å²) in [6.07, 6.45) is 6.57. The summed E-state index contributed by atoms with van der Waals surface area (Å²) >= 11 is 1.74. The normalized spacial score (nSPS) is 11.5. The second-order valence-corrected chi connectivity index (χ2v) is 6.17. The Morgan fingerprint density at radius 2 is 2.05 bits per heavy atom. The Morgan fingerprint density at radius 3 is 2.84 bits per heavy atom. The first-order valence-corrected chi connectivity index (χ1v) is 7.79. The number of fused-ring (bicyclic) bond motifs is 1. The van der Waals surface area contributed by atoms with E-state index < -0.39 is 0 Å². The van der Waals surface area contributed by atoms with E-state index in [0.29, 0.717) is 6.61 Å². The van der Waals surface area contributed by atoms with Crippen molar-refractivity contribution in [2.45, 2.75) is 46.1 Å².